The smallest absolute Gasteiger partial charge is 0.0683 e. The molecule has 0 saturated carbocycles. The van der Waals surface area contributed by atoms with Gasteiger partial charge in [-0.1, -0.05) is 6.92 Å². The van der Waals surface area contributed by atoms with Crippen LogP contribution in [0.25, 0.3) is 0 Å². The van der Waals surface area contributed by atoms with E-state index in [1.165, 1.54) is 0 Å². The summed E-state index contributed by atoms with van der Waals surface area (Å²) in [5.74, 6) is 0.438. The fraction of sp³-hybridized carbons (Fsp3) is 0.929. The summed E-state index contributed by atoms with van der Waals surface area (Å²) in [6, 6.07) is 2.35. The van der Waals surface area contributed by atoms with Crippen molar-refractivity contribution in [2.75, 3.05) is 19.6 Å². The molecular formula is C14H26N2O. The lowest BCUT2D eigenvalue weighted by Crippen LogP contribution is -2.43. The number of aliphatic hydroxyl groups excluding tert-OH is 1. The predicted molar refractivity (Wildman–Crippen MR) is 69.5 cm³/mol. The molecule has 3 nitrogen and oxygen atoms in total. The number of likely N-dealkylation sites (tertiary alicyclic amines) is 1. The molecule has 17 heavy (non-hydrogen) atoms. The first kappa shape index (κ1) is 14.5. The lowest BCUT2D eigenvalue weighted by Gasteiger charge is -2.36. The van der Waals surface area contributed by atoms with Crippen molar-refractivity contribution in [2.24, 2.45) is 11.3 Å². The summed E-state index contributed by atoms with van der Waals surface area (Å²) in [6.45, 7) is 9.24. The average Bonchev–Trinajstić information content (AvgIpc) is 2.31. The van der Waals surface area contributed by atoms with Crippen LogP contribution in [0.2, 0.25) is 0 Å². The molecular weight excluding hydrogens is 212 g/mol. The average molecular weight is 238 g/mol. The van der Waals surface area contributed by atoms with E-state index >= 15 is 0 Å². The van der Waals surface area contributed by atoms with E-state index in [4.69, 9.17) is 5.26 Å². The van der Waals surface area contributed by atoms with Crippen molar-refractivity contribution in [3.05, 3.63) is 0 Å². The molecule has 0 aromatic carbocycles. The van der Waals surface area contributed by atoms with Crippen LogP contribution in [0.3, 0.4) is 0 Å². The van der Waals surface area contributed by atoms with Gasteiger partial charge in [-0.05, 0) is 52.0 Å². The molecule has 1 rings (SSSR count). The van der Waals surface area contributed by atoms with Gasteiger partial charge in [-0.15, -0.1) is 0 Å². The predicted octanol–water partition coefficient (Wildman–Crippen LogP) is 2.41. The molecule has 0 radical (unpaired) electrons. The third-order valence-corrected chi connectivity index (χ3v) is 3.88. The summed E-state index contributed by atoms with van der Waals surface area (Å²) in [4.78, 5) is 2.44. The highest BCUT2D eigenvalue weighted by Gasteiger charge is 2.26. The van der Waals surface area contributed by atoms with E-state index in [-0.39, 0.29) is 11.5 Å². The molecule has 0 spiro atoms. The van der Waals surface area contributed by atoms with Crippen LogP contribution < -0.4 is 0 Å². The van der Waals surface area contributed by atoms with Gasteiger partial charge in [0.25, 0.3) is 0 Å². The highest BCUT2D eigenvalue weighted by Crippen LogP contribution is 2.23. The Morgan fingerprint density at radius 1 is 1.47 bits per heavy atom. The SMILES string of the molecule is CCC1CN(CCCC(C)(C)C#N)CCC1O. The van der Waals surface area contributed by atoms with Crippen LogP contribution in [-0.4, -0.2) is 35.7 Å². The van der Waals surface area contributed by atoms with Crippen LogP contribution in [0.5, 0.6) is 0 Å². The molecule has 3 heteroatoms. The zero-order chi connectivity index (χ0) is 12.9. The lowest BCUT2D eigenvalue weighted by atomic mass is 9.89. The molecule has 0 amide bonds. The Bertz CT molecular complexity index is 270. The Labute approximate surface area is 105 Å². The number of piperidine rings is 1. The maximum Gasteiger partial charge on any atom is 0.0683 e. The second-order valence-electron chi connectivity index (χ2n) is 5.92. The number of rotatable bonds is 5. The molecule has 1 N–H and O–H groups in total. The molecule has 0 bridgehead atoms. The molecule has 1 aliphatic heterocycles. The van der Waals surface area contributed by atoms with Gasteiger partial charge >= 0.3 is 0 Å². The van der Waals surface area contributed by atoms with Crippen LogP contribution >= 0.6 is 0 Å². The molecule has 1 fully saturated rings. The van der Waals surface area contributed by atoms with Crippen molar-refractivity contribution in [3.63, 3.8) is 0 Å². The van der Waals surface area contributed by atoms with E-state index in [1.807, 2.05) is 13.8 Å². The number of aliphatic hydroxyl groups is 1. The Balaban J connectivity index is 2.27. The lowest BCUT2D eigenvalue weighted by molar-refractivity contribution is 0.0241. The van der Waals surface area contributed by atoms with Crippen molar-refractivity contribution >= 4 is 0 Å². The van der Waals surface area contributed by atoms with Crippen molar-refractivity contribution in [1.29, 1.82) is 5.26 Å². The second kappa shape index (κ2) is 6.37. The standard InChI is InChI=1S/C14H26N2O/c1-4-12-10-16(9-6-13(12)17)8-5-7-14(2,3)11-15/h12-13,17H,4-10H2,1-3H3. The molecule has 98 valence electrons. The number of nitriles is 1. The van der Waals surface area contributed by atoms with E-state index in [2.05, 4.69) is 17.9 Å². The van der Waals surface area contributed by atoms with Gasteiger partial charge in [0.2, 0.25) is 0 Å². The van der Waals surface area contributed by atoms with Crippen LogP contribution in [0.1, 0.15) is 46.5 Å². The molecule has 0 aliphatic carbocycles. The van der Waals surface area contributed by atoms with Gasteiger partial charge in [0, 0.05) is 13.1 Å². The quantitative estimate of drug-likeness (QED) is 0.800. The third-order valence-electron chi connectivity index (χ3n) is 3.88. The Hall–Kier alpha value is -0.590. The van der Waals surface area contributed by atoms with Crippen molar-refractivity contribution in [1.82, 2.24) is 4.90 Å². The first-order valence-electron chi connectivity index (χ1n) is 6.80. The fourth-order valence-corrected chi connectivity index (χ4v) is 2.50. The van der Waals surface area contributed by atoms with E-state index < -0.39 is 0 Å². The van der Waals surface area contributed by atoms with Gasteiger partial charge in [0.15, 0.2) is 0 Å². The zero-order valence-corrected chi connectivity index (χ0v) is 11.4. The van der Waals surface area contributed by atoms with Gasteiger partial charge in [-0.3, -0.25) is 0 Å². The maximum absolute atomic E-state index is 9.81. The molecule has 1 aliphatic rings. The van der Waals surface area contributed by atoms with Gasteiger partial charge in [-0.25, -0.2) is 0 Å². The van der Waals surface area contributed by atoms with E-state index in [0.29, 0.717) is 5.92 Å². The molecule has 1 heterocycles. The van der Waals surface area contributed by atoms with Crippen LogP contribution in [0, 0.1) is 22.7 Å². The Kier molecular flexibility index (Phi) is 5.42. The molecule has 2 atom stereocenters. The molecule has 2 unspecified atom stereocenters. The van der Waals surface area contributed by atoms with E-state index in [1.54, 1.807) is 0 Å². The molecule has 0 aromatic heterocycles. The topological polar surface area (TPSA) is 47.3 Å². The number of hydrogen-bond donors (Lipinski definition) is 1. The largest absolute Gasteiger partial charge is 0.393 e. The molecule has 0 aromatic rings. The summed E-state index contributed by atoms with van der Waals surface area (Å²) < 4.78 is 0. The van der Waals surface area contributed by atoms with Crippen LogP contribution in [-0.2, 0) is 0 Å². The van der Waals surface area contributed by atoms with Gasteiger partial charge in [-0.2, -0.15) is 5.26 Å². The first-order chi connectivity index (χ1) is 7.98. The first-order valence-corrected chi connectivity index (χ1v) is 6.80. The third kappa shape index (κ3) is 4.65. The Morgan fingerprint density at radius 2 is 2.18 bits per heavy atom. The minimum Gasteiger partial charge on any atom is -0.393 e. The minimum absolute atomic E-state index is 0.105. The van der Waals surface area contributed by atoms with Crippen molar-refractivity contribution < 1.29 is 5.11 Å². The monoisotopic (exact) mass is 238 g/mol. The van der Waals surface area contributed by atoms with E-state index in [0.717, 1.165) is 45.3 Å². The summed E-state index contributed by atoms with van der Waals surface area (Å²) in [5, 5.41) is 18.8. The second-order valence-corrected chi connectivity index (χ2v) is 5.92. The number of nitrogens with zero attached hydrogens (tertiary/aromatic N) is 2. The minimum atomic E-state index is -0.195. The number of hydrogen-bond acceptors (Lipinski definition) is 3. The van der Waals surface area contributed by atoms with Crippen molar-refractivity contribution in [2.45, 2.75) is 52.6 Å². The highest BCUT2D eigenvalue weighted by molar-refractivity contribution is 4.91. The van der Waals surface area contributed by atoms with Gasteiger partial charge in [0.1, 0.15) is 0 Å². The summed E-state index contributed by atoms with van der Waals surface area (Å²) in [7, 11) is 0. The van der Waals surface area contributed by atoms with E-state index in [9.17, 15) is 5.11 Å². The summed E-state index contributed by atoms with van der Waals surface area (Å²) >= 11 is 0. The normalized spacial score (nSPS) is 26.8. The fourth-order valence-electron chi connectivity index (χ4n) is 2.50. The molecule has 1 saturated heterocycles. The highest BCUT2D eigenvalue weighted by atomic mass is 16.3. The van der Waals surface area contributed by atoms with Gasteiger partial charge < -0.3 is 10.0 Å². The van der Waals surface area contributed by atoms with Gasteiger partial charge in [0.05, 0.1) is 17.6 Å². The van der Waals surface area contributed by atoms with Crippen LogP contribution in [0.4, 0.5) is 0 Å². The Morgan fingerprint density at radius 3 is 2.76 bits per heavy atom. The summed E-state index contributed by atoms with van der Waals surface area (Å²) in [5.41, 5.74) is -0.195. The maximum atomic E-state index is 9.81. The zero-order valence-electron chi connectivity index (χ0n) is 11.4. The van der Waals surface area contributed by atoms with Crippen LogP contribution in [0.15, 0.2) is 0 Å². The summed E-state index contributed by atoms with van der Waals surface area (Å²) in [6.07, 6.45) is 3.89. The van der Waals surface area contributed by atoms with Crippen molar-refractivity contribution in [3.8, 4) is 6.07 Å².